The van der Waals surface area contributed by atoms with Gasteiger partial charge in [0.15, 0.2) is 0 Å². The standard InChI is InChI=1S/C15H23NO/c1-10(2)12-6-5-11(3)14(17)13(12)15(9-16)7-4-8-15/h5-6,10,17H,4,7-9,16H2,1-3H3. The summed E-state index contributed by atoms with van der Waals surface area (Å²) in [6.45, 7) is 6.96. The van der Waals surface area contributed by atoms with Crippen molar-refractivity contribution in [1.82, 2.24) is 0 Å². The van der Waals surface area contributed by atoms with Crippen LogP contribution in [0.5, 0.6) is 5.75 Å². The number of aryl methyl sites for hydroxylation is 1. The smallest absolute Gasteiger partial charge is 0.122 e. The van der Waals surface area contributed by atoms with Crippen LogP contribution < -0.4 is 5.73 Å². The number of hydrogen-bond donors (Lipinski definition) is 2. The minimum absolute atomic E-state index is 0.0374. The Labute approximate surface area is 104 Å². The van der Waals surface area contributed by atoms with Crippen LogP contribution in [0.3, 0.4) is 0 Å². The van der Waals surface area contributed by atoms with Crippen molar-refractivity contribution in [3.8, 4) is 5.75 Å². The Hall–Kier alpha value is -1.02. The molecule has 2 rings (SSSR count). The van der Waals surface area contributed by atoms with Crippen molar-refractivity contribution in [3.05, 3.63) is 28.8 Å². The van der Waals surface area contributed by atoms with E-state index < -0.39 is 0 Å². The summed E-state index contributed by atoms with van der Waals surface area (Å²) in [5, 5.41) is 10.4. The molecule has 1 aromatic carbocycles. The van der Waals surface area contributed by atoms with Gasteiger partial charge in [-0.05, 0) is 36.8 Å². The van der Waals surface area contributed by atoms with Gasteiger partial charge >= 0.3 is 0 Å². The van der Waals surface area contributed by atoms with Crippen LogP contribution in [0.2, 0.25) is 0 Å². The lowest BCUT2D eigenvalue weighted by Gasteiger charge is -2.43. The molecule has 2 heteroatoms. The first-order valence-electron chi connectivity index (χ1n) is 6.55. The van der Waals surface area contributed by atoms with Crippen LogP contribution in [-0.2, 0) is 5.41 Å². The molecule has 0 spiro atoms. The van der Waals surface area contributed by atoms with Crippen molar-refractivity contribution < 1.29 is 5.11 Å². The average molecular weight is 233 g/mol. The number of phenols is 1. The summed E-state index contributed by atoms with van der Waals surface area (Å²) in [7, 11) is 0. The van der Waals surface area contributed by atoms with Crippen molar-refractivity contribution in [1.29, 1.82) is 0 Å². The second-order valence-corrected chi connectivity index (χ2v) is 5.69. The Morgan fingerprint density at radius 3 is 2.41 bits per heavy atom. The Balaban J connectivity index is 2.60. The van der Waals surface area contributed by atoms with Crippen LogP contribution in [0.25, 0.3) is 0 Å². The van der Waals surface area contributed by atoms with Gasteiger partial charge in [-0.15, -0.1) is 0 Å². The maximum atomic E-state index is 10.4. The SMILES string of the molecule is Cc1ccc(C(C)C)c(C2(CN)CCC2)c1O. The molecule has 0 heterocycles. The average Bonchev–Trinajstić information content (AvgIpc) is 2.23. The van der Waals surface area contributed by atoms with Gasteiger partial charge in [-0.25, -0.2) is 0 Å². The summed E-state index contributed by atoms with van der Waals surface area (Å²) in [6.07, 6.45) is 3.45. The molecule has 0 aromatic heterocycles. The molecule has 1 aliphatic rings. The van der Waals surface area contributed by atoms with Crippen LogP contribution in [-0.4, -0.2) is 11.7 Å². The van der Waals surface area contributed by atoms with Crippen LogP contribution in [0.1, 0.15) is 55.7 Å². The highest BCUT2D eigenvalue weighted by Gasteiger charge is 2.41. The van der Waals surface area contributed by atoms with Crippen molar-refractivity contribution in [3.63, 3.8) is 0 Å². The van der Waals surface area contributed by atoms with Gasteiger partial charge in [0.1, 0.15) is 5.75 Å². The maximum Gasteiger partial charge on any atom is 0.122 e. The minimum Gasteiger partial charge on any atom is -0.507 e. The zero-order valence-corrected chi connectivity index (χ0v) is 11.1. The van der Waals surface area contributed by atoms with E-state index >= 15 is 0 Å². The Kier molecular flexibility index (Phi) is 3.17. The van der Waals surface area contributed by atoms with Gasteiger partial charge in [0, 0.05) is 17.5 Å². The highest BCUT2D eigenvalue weighted by Crippen LogP contribution is 2.49. The van der Waals surface area contributed by atoms with E-state index in [2.05, 4.69) is 19.9 Å². The number of aromatic hydroxyl groups is 1. The summed E-state index contributed by atoms with van der Waals surface area (Å²) in [5.74, 6) is 0.905. The molecule has 0 bridgehead atoms. The summed E-state index contributed by atoms with van der Waals surface area (Å²) >= 11 is 0. The molecule has 17 heavy (non-hydrogen) atoms. The summed E-state index contributed by atoms with van der Waals surface area (Å²) in [6, 6.07) is 4.17. The first kappa shape index (κ1) is 12.4. The Bertz CT molecular complexity index is 414. The third-order valence-electron chi connectivity index (χ3n) is 4.27. The molecular weight excluding hydrogens is 210 g/mol. The topological polar surface area (TPSA) is 46.2 Å². The van der Waals surface area contributed by atoms with Crippen LogP contribution in [0, 0.1) is 6.92 Å². The van der Waals surface area contributed by atoms with Gasteiger partial charge in [-0.1, -0.05) is 32.4 Å². The van der Waals surface area contributed by atoms with E-state index in [1.807, 2.05) is 13.0 Å². The van der Waals surface area contributed by atoms with Gasteiger partial charge in [0.05, 0.1) is 0 Å². The lowest BCUT2D eigenvalue weighted by molar-refractivity contribution is 0.242. The van der Waals surface area contributed by atoms with Gasteiger partial charge in [-0.3, -0.25) is 0 Å². The molecule has 0 unspecified atom stereocenters. The fraction of sp³-hybridized carbons (Fsp3) is 0.600. The predicted octanol–water partition coefficient (Wildman–Crippen LogP) is 3.20. The predicted molar refractivity (Wildman–Crippen MR) is 71.5 cm³/mol. The van der Waals surface area contributed by atoms with E-state index in [1.165, 1.54) is 12.0 Å². The van der Waals surface area contributed by atoms with E-state index in [9.17, 15) is 5.11 Å². The number of phenolic OH excluding ortho intramolecular Hbond substituents is 1. The molecule has 2 nitrogen and oxygen atoms in total. The summed E-state index contributed by atoms with van der Waals surface area (Å²) in [5.41, 5.74) is 9.37. The van der Waals surface area contributed by atoms with Gasteiger partial charge < -0.3 is 10.8 Å². The van der Waals surface area contributed by atoms with E-state index in [4.69, 9.17) is 5.73 Å². The molecule has 0 radical (unpaired) electrons. The molecule has 94 valence electrons. The van der Waals surface area contributed by atoms with Crippen molar-refractivity contribution in [2.75, 3.05) is 6.54 Å². The largest absolute Gasteiger partial charge is 0.507 e. The number of hydrogen-bond acceptors (Lipinski definition) is 2. The molecule has 0 saturated heterocycles. The molecule has 0 atom stereocenters. The monoisotopic (exact) mass is 233 g/mol. The molecule has 1 aromatic rings. The van der Waals surface area contributed by atoms with Crippen LogP contribution in [0.15, 0.2) is 12.1 Å². The second-order valence-electron chi connectivity index (χ2n) is 5.69. The maximum absolute atomic E-state index is 10.4. The van der Waals surface area contributed by atoms with Gasteiger partial charge in [0.25, 0.3) is 0 Å². The fourth-order valence-electron chi connectivity index (χ4n) is 2.91. The zero-order valence-electron chi connectivity index (χ0n) is 11.1. The first-order valence-corrected chi connectivity index (χ1v) is 6.55. The molecule has 3 N–H and O–H groups in total. The Morgan fingerprint density at radius 1 is 1.35 bits per heavy atom. The molecule has 0 amide bonds. The van der Waals surface area contributed by atoms with Crippen molar-refractivity contribution in [2.24, 2.45) is 5.73 Å². The number of benzene rings is 1. The van der Waals surface area contributed by atoms with Crippen molar-refractivity contribution >= 4 is 0 Å². The molecule has 0 aliphatic heterocycles. The van der Waals surface area contributed by atoms with Gasteiger partial charge in [-0.2, -0.15) is 0 Å². The normalized spacial score (nSPS) is 18.2. The minimum atomic E-state index is 0.0374. The fourth-order valence-corrected chi connectivity index (χ4v) is 2.91. The highest BCUT2D eigenvalue weighted by atomic mass is 16.3. The van der Waals surface area contributed by atoms with Crippen LogP contribution >= 0.6 is 0 Å². The van der Waals surface area contributed by atoms with E-state index in [-0.39, 0.29) is 5.41 Å². The van der Waals surface area contributed by atoms with Crippen molar-refractivity contribution in [2.45, 2.75) is 51.4 Å². The first-order chi connectivity index (χ1) is 8.02. The van der Waals surface area contributed by atoms with E-state index in [0.717, 1.165) is 24.0 Å². The Morgan fingerprint density at radius 2 is 2.00 bits per heavy atom. The second kappa shape index (κ2) is 4.34. The highest BCUT2D eigenvalue weighted by molar-refractivity contribution is 5.51. The summed E-state index contributed by atoms with van der Waals surface area (Å²) < 4.78 is 0. The molecule has 1 fully saturated rings. The number of rotatable bonds is 3. The summed E-state index contributed by atoms with van der Waals surface area (Å²) in [4.78, 5) is 0. The quantitative estimate of drug-likeness (QED) is 0.842. The zero-order chi connectivity index (χ0) is 12.6. The van der Waals surface area contributed by atoms with Crippen LogP contribution in [0.4, 0.5) is 0 Å². The molecule has 1 saturated carbocycles. The van der Waals surface area contributed by atoms with E-state index in [0.29, 0.717) is 18.2 Å². The number of nitrogens with two attached hydrogens (primary N) is 1. The molecular formula is C15H23NO. The third kappa shape index (κ3) is 1.85. The van der Waals surface area contributed by atoms with E-state index in [1.54, 1.807) is 0 Å². The lowest BCUT2D eigenvalue weighted by atomic mass is 9.62. The van der Waals surface area contributed by atoms with Gasteiger partial charge in [0.2, 0.25) is 0 Å². The lowest BCUT2D eigenvalue weighted by Crippen LogP contribution is -2.42. The molecule has 1 aliphatic carbocycles. The third-order valence-corrected chi connectivity index (χ3v) is 4.27.